The number of aryl methyl sites for hydroxylation is 2. The smallest absolute Gasteiger partial charge is 0.301 e. The maximum atomic E-state index is 14.7. The molecule has 0 aliphatic carbocycles. The van der Waals surface area contributed by atoms with Crippen molar-refractivity contribution in [2.75, 3.05) is 29.7 Å². The summed E-state index contributed by atoms with van der Waals surface area (Å²) in [5.41, 5.74) is 1.18. The minimum absolute atomic E-state index is 0.0245. The second-order valence-corrected chi connectivity index (χ2v) is 9.75. The van der Waals surface area contributed by atoms with E-state index in [9.17, 15) is 17.6 Å². The number of hydrogen-bond donors (Lipinski definition) is 2. The van der Waals surface area contributed by atoms with Crippen LogP contribution >= 0.6 is 11.6 Å². The van der Waals surface area contributed by atoms with Gasteiger partial charge in [-0.15, -0.1) is 0 Å². The second-order valence-electron chi connectivity index (χ2n) is 7.70. The minimum Gasteiger partial charge on any atom is -0.376 e. The van der Waals surface area contributed by atoms with Gasteiger partial charge in [-0.25, -0.2) is 9.37 Å². The highest BCUT2D eigenvalue weighted by atomic mass is 35.5. The third kappa shape index (κ3) is 4.41. The lowest BCUT2D eigenvalue weighted by Gasteiger charge is -2.37. The van der Waals surface area contributed by atoms with Crippen LogP contribution < -0.4 is 15.6 Å². The lowest BCUT2D eigenvalue weighted by atomic mass is 10.1. The van der Waals surface area contributed by atoms with Gasteiger partial charge < -0.3 is 14.6 Å². The molecule has 2 heterocycles. The molecule has 0 radical (unpaired) electrons. The molecule has 176 valence electrons. The molecule has 9 nitrogen and oxygen atoms in total. The van der Waals surface area contributed by atoms with Crippen LogP contribution in [0.2, 0.25) is 5.02 Å². The average molecular weight is 496 g/mol. The van der Waals surface area contributed by atoms with Crippen molar-refractivity contribution in [3.8, 4) is 0 Å². The van der Waals surface area contributed by atoms with Crippen molar-refractivity contribution in [1.29, 1.82) is 0 Å². The van der Waals surface area contributed by atoms with E-state index in [1.165, 1.54) is 21.3 Å². The third-order valence-electron chi connectivity index (χ3n) is 5.49. The van der Waals surface area contributed by atoms with Crippen molar-refractivity contribution in [3.63, 3.8) is 0 Å². The molecule has 1 saturated heterocycles. The lowest BCUT2D eigenvalue weighted by molar-refractivity contribution is -0.0133. The molecule has 12 heteroatoms. The third-order valence-corrected chi connectivity index (χ3v) is 7.34. The van der Waals surface area contributed by atoms with Gasteiger partial charge in [0.1, 0.15) is 5.82 Å². The van der Waals surface area contributed by atoms with Crippen molar-refractivity contribution in [2.45, 2.75) is 20.0 Å². The minimum atomic E-state index is -3.88. The molecule has 2 N–H and O–H groups in total. The summed E-state index contributed by atoms with van der Waals surface area (Å²) in [6.07, 6.45) is 1.28. The molecule has 0 unspecified atom stereocenters. The average Bonchev–Trinajstić information content (AvgIpc) is 2.73. The molecule has 1 aromatic heterocycles. The first-order chi connectivity index (χ1) is 15.6. The predicted molar refractivity (Wildman–Crippen MR) is 126 cm³/mol. The van der Waals surface area contributed by atoms with Crippen LogP contribution in [0.3, 0.4) is 0 Å². The van der Waals surface area contributed by atoms with Gasteiger partial charge in [0.05, 0.1) is 39.7 Å². The van der Waals surface area contributed by atoms with E-state index in [1.54, 1.807) is 26.1 Å². The van der Waals surface area contributed by atoms with E-state index >= 15 is 0 Å². The summed E-state index contributed by atoms with van der Waals surface area (Å²) in [6.45, 7) is 4.51. The number of fused-ring (bicyclic) bond motifs is 1. The number of benzene rings is 2. The molecular formula is C21H23ClFN5O4S. The van der Waals surface area contributed by atoms with Crippen molar-refractivity contribution in [1.82, 2.24) is 13.9 Å². The predicted octanol–water partition coefficient (Wildman–Crippen LogP) is 3.16. The summed E-state index contributed by atoms with van der Waals surface area (Å²) in [6, 6.07) is 5.67. The largest absolute Gasteiger partial charge is 0.376 e. The van der Waals surface area contributed by atoms with Gasteiger partial charge in [0.25, 0.3) is 5.56 Å². The molecule has 1 fully saturated rings. The SMILES string of the molecule is CCOC1CN(S(=O)(=O)Nc2ccc(F)c(Nc3ccc4ncn(C)c(=O)c4c3C)c2Cl)C1. The quantitative estimate of drug-likeness (QED) is 0.521. The second kappa shape index (κ2) is 8.90. The van der Waals surface area contributed by atoms with Gasteiger partial charge >= 0.3 is 10.2 Å². The summed E-state index contributed by atoms with van der Waals surface area (Å²) >= 11 is 6.39. The normalized spacial score (nSPS) is 14.9. The van der Waals surface area contributed by atoms with Gasteiger partial charge in [-0.3, -0.25) is 9.52 Å². The Hall–Kier alpha value is -2.73. The van der Waals surface area contributed by atoms with Gasteiger partial charge in [-0.1, -0.05) is 11.6 Å². The zero-order valence-corrected chi connectivity index (χ0v) is 19.8. The van der Waals surface area contributed by atoms with Gasteiger partial charge in [-0.2, -0.15) is 12.7 Å². The van der Waals surface area contributed by atoms with E-state index in [0.717, 1.165) is 6.07 Å². The standard InChI is InChI=1S/C21H23ClFN5O4S/c1-4-32-13-9-28(10-13)33(30,31)26-17-6-5-14(23)20(19(17)22)25-15-7-8-16-18(12(15)2)21(29)27(3)11-24-16/h5-8,11,13,25-26H,4,9-10H2,1-3H3. The summed E-state index contributed by atoms with van der Waals surface area (Å²) in [7, 11) is -2.29. The molecule has 0 amide bonds. The van der Waals surface area contributed by atoms with E-state index < -0.39 is 16.0 Å². The Morgan fingerprint density at radius 1 is 1.24 bits per heavy atom. The Morgan fingerprint density at radius 3 is 2.64 bits per heavy atom. The molecule has 0 saturated carbocycles. The first kappa shape index (κ1) is 23.4. The number of hydrogen-bond acceptors (Lipinski definition) is 6. The highest BCUT2D eigenvalue weighted by molar-refractivity contribution is 7.90. The van der Waals surface area contributed by atoms with E-state index in [4.69, 9.17) is 16.3 Å². The molecule has 0 spiro atoms. The monoisotopic (exact) mass is 495 g/mol. The van der Waals surface area contributed by atoms with Crippen LogP contribution in [0.15, 0.2) is 35.4 Å². The highest BCUT2D eigenvalue weighted by Crippen LogP contribution is 2.37. The first-order valence-electron chi connectivity index (χ1n) is 10.2. The number of nitrogens with zero attached hydrogens (tertiary/aromatic N) is 3. The summed E-state index contributed by atoms with van der Waals surface area (Å²) in [4.78, 5) is 16.8. The van der Waals surface area contributed by atoms with Crippen molar-refractivity contribution in [3.05, 3.63) is 57.3 Å². The lowest BCUT2D eigenvalue weighted by Crippen LogP contribution is -2.56. The Labute approximate surface area is 195 Å². The fourth-order valence-corrected chi connectivity index (χ4v) is 5.22. The van der Waals surface area contributed by atoms with Gasteiger partial charge in [0.15, 0.2) is 0 Å². The zero-order valence-electron chi connectivity index (χ0n) is 18.2. The summed E-state index contributed by atoms with van der Waals surface area (Å²) in [5.74, 6) is -0.679. The highest BCUT2D eigenvalue weighted by Gasteiger charge is 2.36. The van der Waals surface area contributed by atoms with Gasteiger partial charge in [0.2, 0.25) is 0 Å². The van der Waals surface area contributed by atoms with Crippen LogP contribution in [0.1, 0.15) is 12.5 Å². The summed E-state index contributed by atoms with van der Waals surface area (Å²) < 4.78 is 50.4. The van der Waals surface area contributed by atoms with E-state index in [1.807, 2.05) is 6.92 Å². The fourth-order valence-electron chi connectivity index (χ4n) is 3.61. The molecule has 2 aromatic carbocycles. The van der Waals surface area contributed by atoms with Gasteiger partial charge in [-0.05, 0) is 43.7 Å². The number of ether oxygens (including phenoxy) is 1. The molecule has 0 atom stereocenters. The zero-order chi connectivity index (χ0) is 23.9. The molecule has 1 aliphatic rings. The van der Waals surface area contributed by atoms with Crippen LogP contribution in [0.4, 0.5) is 21.5 Å². The number of rotatable bonds is 7. The number of aromatic nitrogens is 2. The Kier molecular flexibility index (Phi) is 6.32. The van der Waals surface area contributed by atoms with Crippen LogP contribution in [-0.2, 0) is 22.0 Å². The molecular weight excluding hydrogens is 473 g/mol. The fraction of sp³-hybridized carbons (Fsp3) is 0.333. The number of anilines is 3. The number of halogens is 2. The van der Waals surface area contributed by atoms with Crippen LogP contribution in [0.25, 0.3) is 10.9 Å². The van der Waals surface area contributed by atoms with Crippen LogP contribution in [-0.4, -0.2) is 48.1 Å². The number of nitrogens with one attached hydrogen (secondary N) is 2. The molecule has 4 rings (SSSR count). The molecule has 33 heavy (non-hydrogen) atoms. The van der Waals surface area contributed by atoms with Crippen LogP contribution in [0.5, 0.6) is 0 Å². The Bertz CT molecular complexity index is 1390. The maximum absolute atomic E-state index is 14.7. The van der Waals surface area contributed by atoms with E-state index in [0.29, 0.717) is 28.8 Å². The molecule has 3 aromatic rings. The van der Waals surface area contributed by atoms with Crippen molar-refractivity contribution in [2.24, 2.45) is 7.05 Å². The molecule has 0 bridgehead atoms. The maximum Gasteiger partial charge on any atom is 0.301 e. The van der Waals surface area contributed by atoms with E-state index in [2.05, 4.69) is 15.0 Å². The van der Waals surface area contributed by atoms with Crippen molar-refractivity contribution < 1.29 is 17.5 Å². The Balaban J connectivity index is 1.64. The molecule has 1 aliphatic heterocycles. The van der Waals surface area contributed by atoms with Crippen molar-refractivity contribution >= 4 is 49.8 Å². The van der Waals surface area contributed by atoms with Crippen LogP contribution in [0, 0.1) is 12.7 Å². The van der Waals surface area contributed by atoms with Gasteiger partial charge in [0, 0.05) is 32.4 Å². The first-order valence-corrected chi connectivity index (χ1v) is 12.0. The van der Waals surface area contributed by atoms with E-state index in [-0.39, 0.29) is 41.2 Å². The topological polar surface area (TPSA) is 106 Å². The Morgan fingerprint density at radius 2 is 1.94 bits per heavy atom. The summed E-state index contributed by atoms with van der Waals surface area (Å²) in [5, 5.41) is 3.15.